The SMILES string of the molecule is CCNc1nc2cc(CC)ccc2s1. The lowest BCUT2D eigenvalue weighted by atomic mass is 10.2. The van der Waals surface area contributed by atoms with E-state index in [1.807, 2.05) is 0 Å². The zero-order valence-electron chi connectivity index (χ0n) is 8.50. The van der Waals surface area contributed by atoms with Crippen LogP contribution in [0.25, 0.3) is 10.2 Å². The van der Waals surface area contributed by atoms with E-state index in [1.54, 1.807) is 11.3 Å². The summed E-state index contributed by atoms with van der Waals surface area (Å²) >= 11 is 1.72. The smallest absolute Gasteiger partial charge is 0.183 e. The first-order valence-electron chi connectivity index (χ1n) is 4.96. The summed E-state index contributed by atoms with van der Waals surface area (Å²) in [5.41, 5.74) is 2.47. The Hall–Kier alpha value is -1.09. The summed E-state index contributed by atoms with van der Waals surface area (Å²) in [6.45, 7) is 5.18. The molecule has 1 aromatic heterocycles. The average Bonchev–Trinajstić information content (AvgIpc) is 2.59. The van der Waals surface area contributed by atoms with Crippen molar-refractivity contribution in [3.05, 3.63) is 23.8 Å². The molecule has 0 amide bonds. The molecule has 0 bridgehead atoms. The Labute approximate surface area is 88.0 Å². The molecule has 1 N–H and O–H groups in total. The van der Waals surface area contributed by atoms with Crippen LogP contribution in [-0.2, 0) is 6.42 Å². The zero-order chi connectivity index (χ0) is 9.97. The summed E-state index contributed by atoms with van der Waals surface area (Å²) in [4.78, 5) is 4.52. The molecule has 0 atom stereocenters. The van der Waals surface area contributed by atoms with Gasteiger partial charge in [-0.25, -0.2) is 4.98 Å². The highest BCUT2D eigenvalue weighted by atomic mass is 32.1. The summed E-state index contributed by atoms with van der Waals surface area (Å²) in [7, 11) is 0. The molecule has 14 heavy (non-hydrogen) atoms. The second-order valence-electron chi connectivity index (χ2n) is 3.20. The van der Waals surface area contributed by atoms with E-state index in [4.69, 9.17) is 0 Å². The summed E-state index contributed by atoms with van der Waals surface area (Å²) < 4.78 is 1.26. The van der Waals surface area contributed by atoms with Crippen LogP contribution in [0.2, 0.25) is 0 Å². The minimum atomic E-state index is 0.931. The molecule has 0 aliphatic carbocycles. The largest absolute Gasteiger partial charge is 0.362 e. The average molecular weight is 206 g/mol. The number of nitrogens with one attached hydrogen (secondary N) is 1. The highest BCUT2D eigenvalue weighted by Crippen LogP contribution is 2.26. The Morgan fingerprint density at radius 3 is 2.93 bits per heavy atom. The standard InChI is InChI=1S/C11H14N2S/c1-3-8-5-6-10-9(7-8)13-11(14-10)12-4-2/h5-7H,3-4H2,1-2H3,(H,12,13). The number of benzene rings is 1. The number of hydrogen-bond donors (Lipinski definition) is 1. The second kappa shape index (κ2) is 3.96. The van der Waals surface area contributed by atoms with Gasteiger partial charge in [0.2, 0.25) is 0 Å². The highest BCUT2D eigenvalue weighted by Gasteiger charge is 2.02. The Balaban J connectivity index is 2.43. The lowest BCUT2D eigenvalue weighted by molar-refractivity contribution is 1.14. The number of aromatic nitrogens is 1. The van der Waals surface area contributed by atoms with Crippen molar-refractivity contribution in [3.63, 3.8) is 0 Å². The quantitative estimate of drug-likeness (QED) is 0.833. The summed E-state index contributed by atoms with van der Waals surface area (Å²) in [5.74, 6) is 0. The fourth-order valence-electron chi connectivity index (χ4n) is 1.42. The number of nitrogens with zero attached hydrogens (tertiary/aromatic N) is 1. The molecule has 3 heteroatoms. The molecule has 0 unspecified atom stereocenters. The number of hydrogen-bond acceptors (Lipinski definition) is 3. The van der Waals surface area contributed by atoms with Crippen molar-refractivity contribution < 1.29 is 0 Å². The molecule has 2 rings (SSSR count). The van der Waals surface area contributed by atoms with E-state index in [-0.39, 0.29) is 0 Å². The third-order valence-electron chi connectivity index (χ3n) is 2.19. The molecule has 1 heterocycles. The molecule has 0 aliphatic heterocycles. The van der Waals surface area contributed by atoms with E-state index in [0.29, 0.717) is 0 Å². The Kier molecular flexibility index (Phi) is 2.68. The van der Waals surface area contributed by atoms with E-state index in [0.717, 1.165) is 23.6 Å². The van der Waals surface area contributed by atoms with Crippen LogP contribution in [0.4, 0.5) is 5.13 Å². The van der Waals surface area contributed by atoms with Gasteiger partial charge in [0.05, 0.1) is 10.2 Å². The van der Waals surface area contributed by atoms with Gasteiger partial charge in [-0.05, 0) is 31.0 Å². The molecule has 1 aromatic carbocycles. The Morgan fingerprint density at radius 2 is 2.21 bits per heavy atom. The molecule has 74 valence electrons. The van der Waals surface area contributed by atoms with Crippen LogP contribution in [0, 0.1) is 0 Å². The highest BCUT2D eigenvalue weighted by molar-refractivity contribution is 7.22. The fourth-order valence-corrected chi connectivity index (χ4v) is 2.33. The van der Waals surface area contributed by atoms with E-state index in [1.165, 1.54) is 10.3 Å². The maximum atomic E-state index is 4.52. The zero-order valence-corrected chi connectivity index (χ0v) is 9.32. The van der Waals surface area contributed by atoms with Crippen LogP contribution in [0.3, 0.4) is 0 Å². The van der Waals surface area contributed by atoms with Gasteiger partial charge in [-0.15, -0.1) is 0 Å². The maximum absolute atomic E-state index is 4.52. The maximum Gasteiger partial charge on any atom is 0.183 e. The molecule has 0 fully saturated rings. The van der Waals surface area contributed by atoms with Gasteiger partial charge in [0.15, 0.2) is 5.13 Å². The third-order valence-corrected chi connectivity index (χ3v) is 3.18. The monoisotopic (exact) mass is 206 g/mol. The van der Waals surface area contributed by atoms with Gasteiger partial charge >= 0.3 is 0 Å². The fraction of sp³-hybridized carbons (Fsp3) is 0.364. The van der Waals surface area contributed by atoms with E-state index in [9.17, 15) is 0 Å². The van der Waals surface area contributed by atoms with Crippen LogP contribution in [0.15, 0.2) is 18.2 Å². The normalized spacial score (nSPS) is 10.7. The van der Waals surface area contributed by atoms with Crippen LogP contribution in [-0.4, -0.2) is 11.5 Å². The number of aryl methyl sites for hydroxylation is 1. The molecular formula is C11H14N2S. The van der Waals surface area contributed by atoms with Crippen molar-refractivity contribution in [1.82, 2.24) is 4.98 Å². The lowest BCUT2D eigenvalue weighted by Crippen LogP contribution is -1.94. The first kappa shape index (κ1) is 9.46. The second-order valence-corrected chi connectivity index (χ2v) is 4.24. The molecule has 0 saturated heterocycles. The van der Waals surface area contributed by atoms with Crippen LogP contribution >= 0.6 is 11.3 Å². The van der Waals surface area contributed by atoms with Crippen molar-refractivity contribution in [1.29, 1.82) is 0 Å². The van der Waals surface area contributed by atoms with Crippen LogP contribution < -0.4 is 5.32 Å². The first-order chi connectivity index (χ1) is 6.83. The molecule has 0 radical (unpaired) electrons. The predicted octanol–water partition coefficient (Wildman–Crippen LogP) is 3.29. The lowest BCUT2D eigenvalue weighted by Gasteiger charge is -1.93. The van der Waals surface area contributed by atoms with Gasteiger partial charge in [-0.3, -0.25) is 0 Å². The van der Waals surface area contributed by atoms with Crippen molar-refractivity contribution in [3.8, 4) is 0 Å². The number of rotatable bonds is 3. The van der Waals surface area contributed by atoms with E-state index < -0.39 is 0 Å². The molecule has 0 saturated carbocycles. The van der Waals surface area contributed by atoms with Crippen molar-refractivity contribution >= 4 is 26.7 Å². The van der Waals surface area contributed by atoms with Gasteiger partial charge in [-0.2, -0.15) is 0 Å². The van der Waals surface area contributed by atoms with Crippen LogP contribution in [0.1, 0.15) is 19.4 Å². The first-order valence-corrected chi connectivity index (χ1v) is 5.78. The van der Waals surface area contributed by atoms with Gasteiger partial charge in [-0.1, -0.05) is 24.3 Å². The van der Waals surface area contributed by atoms with Gasteiger partial charge in [0.25, 0.3) is 0 Å². The molecular weight excluding hydrogens is 192 g/mol. The predicted molar refractivity (Wildman–Crippen MR) is 63.2 cm³/mol. The summed E-state index contributed by atoms with van der Waals surface area (Å²) in [5, 5.41) is 4.27. The van der Waals surface area contributed by atoms with Crippen molar-refractivity contribution in [2.45, 2.75) is 20.3 Å². The minimum absolute atomic E-state index is 0.931. The molecule has 0 aliphatic rings. The van der Waals surface area contributed by atoms with E-state index >= 15 is 0 Å². The summed E-state index contributed by atoms with van der Waals surface area (Å²) in [6, 6.07) is 6.51. The van der Waals surface area contributed by atoms with Gasteiger partial charge in [0.1, 0.15) is 0 Å². The van der Waals surface area contributed by atoms with Crippen molar-refractivity contribution in [2.24, 2.45) is 0 Å². The number of thiazole rings is 1. The Bertz CT molecular complexity index is 434. The van der Waals surface area contributed by atoms with Gasteiger partial charge in [0, 0.05) is 6.54 Å². The third kappa shape index (κ3) is 1.73. The Morgan fingerprint density at radius 1 is 1.36 bits per heavy atom. The minimum Gasteiger partial charge on any atom is -0.362 e. The summed E-state index contributed by atoms with van der Waals surface area (Å²) in [6.07, 6.45) is 1.07. The molecule has 2 aromatic rings. The van der Waals surface area contributed by atoms with Crippen LogP contribution in [0.5, 0.6) is 0 Å². The van der Waals surface area contributed by atoms with E-state index in [2.05, 4.69) is 42.3 Å². The molecule has 2 nitrogen and oxygen atoms in total. The number of fused-ring (bicyclic) bond motifs is 1. The molecule has 0 spiro atoms. The topological polar surface area (TPSA) is 24.9 Å². The number of anilines is 1. The van der Waals surface area contributed by atoms with Gasteiger partial charge < -0.3 is 5.32 Å². The van der Waals surface area contributed by atoms with Crippen molar-refractivity contribution in [2.75, 3.05) is 11.9 Å².